The number of amides is 1. The number of hydrogen-bond donors (Lipinski definition) is 1. The first-order valence-corrected chi connectivity index (χ1v) is 8.39. The van der Waals surface area contributed by atoms with Crippen LogP contribution in [0.1, 0.15) is 10.4 Å². The van der Waals surface area contributed by atoms with Crippen molar-refractivity contribution in [3.63, 3.8) is 0 Å². The summed E-state index contributed by atoms with van der Waals surface area (Å²) in [5.74, 6) is -2.75. The minimum absolute atomic E-state index is 0.00840. The molecule has 1 heterocycles. The van der Waals surface area contributed by atoms with Crippen molar-refractivity contribution >= 4 is 23.2 Å². The van der Waals surface area contributed by atoms with Crippen LogP contribution in [0.15, 0.2) is 54.9 Å². The molecule has 156 valence electrons. The summed E-state index contributed by atoms with van der Waals surface area (Å²) in [6.07, 6.45) is -2.79. The summed E-state index contributed by atoms with van der Waals surface area (Å²) in [4.78, 5) is 12.8. The van der Waals surface area contributed by atoms with E-state index in [1.165, 1.54) is 12.1 Å². The molecule has 7 nitrogen and oxygen atoms in total. The summed E-state index contributed by atoms with van der Waals surface area (Å²) in [5, 5.41) is 16.3. The summed E-state index contributed by atoms with van der Waals surface area (Å²) in [7, 11) is 0. The van der Waals surface area contributed by atoms with Gasteiger partial charge in [0.1, 0.15) is 29.0 Å². The van der Waals surface area contributed by atoms with Crippen LogP contribution in [0.3, 0.4) is 0 Å². The molecule has 12 heteroatoms. The van der Waals surface area contributed by atoms with Crippen LogP contribution in [-0.4, -0.2) is 17.4 Å². The van der Waals surface area contributed by atoms with Crippen LogP contribution < -0.4 is 19.6 Å². The quantitative estimate of drug-likeness (QED) is 0.357. The molecular weight excluding hydrogens is 434 g/mol. The topological polar surface area (TPSA) is 87.4 Å². The number of alkyl halides is 3. The monoisotopic (exact) mass is 443 g/mol. The normalized spacial score (nSPS) is 11.1. The number of nitrogens with zero attached hydrogens (tertiary/aromatic N) is 2. The zero-order valence-corrected chi connectivity index (χ0v) is 15.4. The van der Waals surface area contributed by atoms with Crippen molar-refractivity contribution in [2.24, 2.45) is 0 Å². The van der Waals surface area contributed by atoms with E-state index in [-0.39, 0.29) is 27.1 Å². The van der Waals surface area contributed by atoms with Gasteiger partial charge in [-0.3, -0.25) is 4.79 Å². The predicted molar refractivity (Wildman–Crippen MR) is 95.8 cm³/mol. The number of aromatic nitrogens is 2. The van der Waals surface area contributed by atoms with Gasteiger partial charge in [-0.15, -0.1) is 13.2 Å². The number of rotatable bonds is 5. The van der Waals surface area contributed by atoms with Crippen LogP contribution in [0.5, 0.6) is 17.2 Å². The largest absolute Gasteiger partial charge is 0.594 e. The minimum Gasteiger partial charge on any atom is -0.594 e. The standard InChI is InChI=1S/C18H10ClF4N3O4/c19-13-5-6-14(29-11-1-3-12(4-2-11)30-18(21,22)23)15(16(13)20)17(27)25-10-7-8-26(28)24-9-10/h1-9H,(H,25,27). The summed E-state index contributed by atoms with van der Waals surface area (Å²) < 4.78 is 60.5. The molecule has 1 aromatic heterocycles. The molecule has 0 fully saturated rings. The van der Waals surface area contributed by atoms with E-state index in [2.05, 4.69) is 15.2 Å². The number of anilines is 1. The van der Waals surface area contributed by atoms with E-state index in [1.54, 1.807) is 0 Å². The second-order valence-electron chi connectivity index (χ2n) is 5.63. The van der Waals surface area contributed by atoms with Crippen molar-refractivity contribution < 1.29 is 36.7 Å². The molecule has 0 saturated heterocycles. The lowest BCUT2D eigenvalue weighted by Crippen LogP contribution is -2.30. The van der Waals surface area contributed by atoms with Crippen molar-refractivity contribution in [2.45, 2.75) is 6.36 Å². The second-order valence-corrected chi connectivity index (χ2v) is 6.04. The molecule has 3 rings (SSSR count). The number of ether oxygens (including phenoxy) is 2. The highest BCUT2D eigenvalue weighted by Gasteiger charge is 2.31. The van der Waals surface area contributed by atoms with Crippen LogP contribution in [0.2, 0.25) is 5.02 Å². The highest BCUT2D eigenvalue weighted by molar-refractivity contribution is 6.31. The fourth-order valence-electron chi connectivity index (χ4n) is 2.28. The number of halogens is 5. The summed E-state index contributed by atoms with van der Waals surface area (Å²) in [6.45, 7) is 0. The highest BCUT2D eigenvalue weighted by atomic mass is 35.5. The Balaban J connectivity index is 1.85. The van der Waals surface area contributed by atoms with Crippen LogP contribution in [0.4, 0.5) is 23.2 Å². The van der Waals surface area contributed by atoms with E-state index in [9.17, 15) is 27.6 Å². The van der Waals surface area contributed by atoms with Crippen molar-refractivity contribution in [1.29, 1.82) is 0 Å². The lowest BCUT2D eigenvalue weighted by atomic mass is 10.1. The Morgan fingerprint density at radius 1 is 1.10 bits per heavy atom. The van der Waals surface area contributed by atoms with Crippen molar-refractivity contribution in [3.8, 4) is 17.2 Å². The summed E-state index contributed by atoms with van der Waals surface area (Å²) in [6, 6.07) is 7.86. The Morgan fingerprint density at radius 3 is 2.37 bits per heavy atom. The van der Waals surface area contributed by atoms with Crippen LogP contribution >= 0.6 is 11.6 Å². The van der Waals surface area contributed by atoms with E-state index in [0.29, 0.717) is 0 Å². The average Bonchev–Trinajstić information content (AvgIpc) is 2.67. The zero-order valence-electron chi connectivity index (χ0n) is 14.6. The molecule has 0 saturated carbocycles. The number of carbonyl (C=O) groups is 1. The zero-order chi connectivity index (χ0) is 21.9. The second kappa shape index (κ2) is 8.41. The smallest absolute Gasteiger partial charge is 0.573 e. The first-order chi connectivity index (χ1) is 14.1. The van der Waals surface area contributed by atoms with E-state index < -0.39 is 29.4 Å². The number of carbonyl (C=O) groups excluding carboxylic acids is 1. The third-order valence-electron chi connectivity index (χ3n) is 3.52. The molecule has 0 unspecified atom stereocenters. The van der Waals surface area contributed by atoms with Crippen LogP contribution in [-0.2, 0) is 0 Å². The molecule has 0 radical (unpaired) electrons. The fraction of sp³-hybridized carbons (Fsp3) is 0.0556. The van der Waals surface area contributed by atoms with Gasteiger partial charge in [0.15, 0.2) is 5.82 Å². The third kappa shape index (κ3) is 5.26. The molecule has 0 aliphatic carbocycles. The van der Waals surface area contributed by atoms with E-state index in [0.717, 1.165) is 42.7 Å². The van der Waals surface area contributed by atoms with Crippen molar-refractivity contribution in [2.75, 3.05) is 5.32 Å². The van der Waals surface area contributed by atoms with Crippen LogP contribution in [0, 0.1) is 11.0 Å². The van der Waals surface area contributed by atoms with Crippen molar-refractivity contribution in [3.05, 3.63) is 76.5 Å². The maximum absolute atomic E-state index is 14.5. The third-order valence-corrected chi connectivity index (χ3v) is 3.81. The summed E-state index contributed by atoms with van der Waals surface area (Å²) >= 11 is 5.75. The fourth-order valence-corrected chi connectivity index (χ4v) is 2.44. The predicted octanol–water partition coefficient (Wildman–Crippen LogP) is 4.45. The Bertz CT molecular complexity index is 1060. The molecule has 2 aromatic carbocycles. The van der Waals surface area contributed by atoms with Gasteiger partial charge >= 0.3 is 6.36 Å². The van der Waals surface area contributed by atoms with Gasteiger partial charge in [-0.2, -0.15) is 0 Å². The average molecular weight is 444 g/mol. The first kappa shape index (κ1) is 21.1. The number of nitrogens with one attached hydrogen (secondary N) is 1. The van der Waals surface area contributed by atoms with Gasteiger partial charge < -0.3 is 20.0 Å². The van der Waals surface area contributed by atoms with Gasteiger partial charge in [0.25, 0.3) is 5.91 Å². The SMILES string of the molecule is O=C(Nc1cc[n+]([O-])nc1)c1c(Oc2ccc(OC(F)(F)F)cc2)ccc(Cl)c1F. The lowest BCUT2D eigenvalue weighted by molar-refractivity contribution is -0.669. The Labute approximate surface area is 171 Å². The van der Waals surface area contributed by atoms with Gasteiger partial charge in [0, 0.05) is 11.2 Å². The molecule has 3 aromatic rings. The van der Waals surface area contributed by atoms with Crippen molar-refractivity contribution in [1.82, 2.24) is 5.10 Å². The lowest BCUT2D eigenvalue weighted by Gasteiger charge is -2.14. The number of hydrogen-bond acceptors (Lipinski definition) is 5. The van der Waals surface area contributed by atoms with E-state index >= 15 is 0 Å². The molecule has 0 atom stereocenters. The molecule has 1 N–H and O–H groups in total. The minimum atomic E-state index is -4.86. The van der Waals surface area contributed by atoms with Crippen LogP contribution in [0.25, 0.3) is 0 Å². The van der Waals surface area contributed by atoms with Gasteiger partial charge in [-0.1, -0.05) is 16.4 Å². The molecule has 0 bridgehead atoms. The Kier molecular flexibility index (Phi) is 5.92. The Morgan fingerprint density at radius 2 is 1.77 bits per heavy atom. The molecule has 0 aliphatic heterocycles. The molecule has 1 amide bonds. The van der Waals surface area contributed by atoms with E-state index in [1.807, 2.05) is 0 Å². The van der Waals surface area contributed by atoms with Gasteiger partial charge in [-0.25, -0.2) is 4.39 Å². The maximum atomic E-state index is 14.5. The van der Waals surface area contributed by atoms with E-state index in [4.69, 9.17) is 16.3 Å². The van der Waals surface area contributed by atoms with Gasteiger partial charge in [0.05, 0.1) is 10.7 Å². The maximum Gasteiger partial charge on any atom is 0.573 e. The first-order valence-electron chi connectivity index (χ1n) is 8.01. The molecule has 30 heavy (non-hydrogen) atoms. The molecular formula is C18H10ClF4N3O4. The summed E-state index contributed by atoms with van der Waals surface area (Å²) in [5.41, 5.74) is -0.456. The molecule has 0 spiro atoms. The molecule has 0 aliphatic rings. The highest BCUT2D eigenvalue weighted by Crippen LogP contribution is 2.33. The Hall–Kier alpha value is -3.60. The van der Waals surface area contributed by atoms with Gasteiger partial charge in [-0.05, 0) is 36.4 Å². The number of benzene rings is 2. The van der Waals surface area contributed by atoms with Gasteiger partial charge in [0.2, 0.25) is 6.20 Å².